The molecule has 0 spiro atoms. The number of anilines is 1. The van der Waals surface area contributed by atoms with Gasteiger partial charge in [0.1, 0.15) is 6.04 Å². The summed E-state index contributed by atoms with van der Waals surface area (Å²) in [6, 6.07) is 42.5. The van der Waals surface area contributed by atoms with Crippen LogP contribution in [0.25, 0.3) is 10.8 Å². The van der Waals surface area contributed by atoms with Gasteiger partial charge in [0.15, 0.2) is 0 Å². The predicted molar refractivity (Wildman–Crippen MR) is 162 cm³/mol. The van der Waals surface area contributed by atoms with Gasteiger partial charge in [-0.25, -0.2) is 4.79 Å². The molecule has 0 aliphatic heterocycles. The summed E-state index contributed by atoms with van der Waals surface area (Å²) in [4.78, 5) is 29.3. The molecule has 200 valence electrons. The van der Waals surface area contributed by atoms with Crippen LogP contribution < -0.4 is 10.6 Å². The molecule has 0 saturated heterocycles. The standard InChI is InChI=1S/C35H33N3O2/c39-34(38(26-29-17-8-3-9-18-29)24-23-27-13-4-1-5-14-27)33(25-28-15-6-2-7-16-28)37-35(40)36-32-22-12-20-30-19-10-11-21-31(30)32/h1-22,33H,23-26H2,(H2,36,37,40). The lowest BCUT2D eigenvalue weighted by Crippen LogP contribution is -2.51. The maximum atomic E-state index is 14.2. The maximum Gasteiger partial charge on any atom is 0.319 e. The molecular formula is C35H33N3O2. The highest BCUT2D eigenvalue weighted by atomic mass is 16.2. The summed E-state index contributed by atoms with van der Waals surface area (Å²) in [5.41, 5.74) is 3.89. The fraction of sp³-hybridized carbons (Fsp3) is 0.143. The number of rotatable bonds is 10. The lowest BCUT2D eigenvalue weighted by molar-refractivity contribution is -0.133. The van der Waals surface area contributed by atoms with E-state index in [1.165, 1.54) is 0 Å². The van der Waals surface area contributed by atoms with Crippen LogP contribution >= 0.6 is 0 Å². The molecule has 1 atom stereocenters. The van der Waals surface area contributed by atoms with Gasteiger partial charge in [0.2, 0.25) is 5.91 Å². The first-order valence-electron chi connectivity index (χ1n) is 13.6. The minimum Gasteiger partial charge on any atom is -0.336 e. The van der Waals surface area contributed by atoms with Gasteiger partial charge in [-0.15, -0.1) is 0 Å². The van der Waals surface area contributed by atoms with Crippen molar-refractivity contribution >= 4 is 28.4 Å². The first kappa shape index (κ1) is 26.7. The molecule has 0 aliphatic carbocycles. The van der Waals surface area contributed by atoms with Crippen molar-refractivity contribution in [2.24, 2.45) is 0 Å². The second-order valence-electron chi connectivity index (χ2n) is 9.85. The predicted octanol–water partition coefficient (Wildman–Crippen LogP) is 6.84. The average Bonchev–Trinajstić information content (AvgIpc) is 3.00. The monoisotopic (exact) mass is 527 g/mol. The van der Waals surface area contributed by atoms with E-state index in [-0.39, 0.29) is 5.91 Å². The summed E-state index contributed by atoms with van der Waals surface area (Å²) in [5.74, 6) is -0.114. The number of nitrogens with zero attached hydrogens (tertiary/aromatic N) is 1. The Labute approximate surface area is 235 Å². The molecule has 1 unspecified atom stereocenters. The van der Waals surface area contributed by atoms with Crippen molar-refractivity contribution in [2.75, 3.05) is 11.9 Å². The molecule has 3 amide bonds. The van der Waals surface area contributed by atoms with Gasteiger partial charge in [0, 0.05) is 24.9 Å². The first-order valence-corrected chi connectivity index (χ1v) is 13.6. The van der Waals surface area contributed by atoms with Gasteiger partial charge in [-0.05, 0) is 34.6 Å². The number of fused-ring (bicyclic) bond motifs is 1. The molecule has 5 rings (SSSR count). The number of urea groups is 1. The van der Waals surface area contributed by atoms with E-state index in [4.69, 9.17) is 0 Å². The van der Waals surface area contributed by atoms with Gasteiger partial charge in [-0.1, -0.05) is 127 Å². The molecule has 40 heavy (non-hydrogen) atoms. The van der Waals surface area contributed by atoms with Gasteiger partial charge < -0.3 is 15.5 Å². The third-order valence-electron chi connectivity index (χ3n) is 6.97. The number of hydrogen-bond acceptors (Lipinski definition) is 2. The van der Waals surface area contributed by atoms with Crippen LogP contribution in [-0.2, 0) is 24.2 Å². The van der Waals surface area contributed by atoms with Crippen molar-refractivity contribution in [2.45, 2.75) is 25.4 Å². The van der Waals surface area contributed by atoms with E-state index >= 15 is 0 Å². The molecule has 0 heterocycles. The van der Waals surface area contributed by atoms with Crippen molar-refractivity contribution in [3.8, 4) is 0 Å². The Kier molecular flexibility index (Phi) is 8.84. The number of carbonyl (C=O) groups is 2. The average molecular weight is 528 g/mol. The summed E-state index contributed by atoms with van der Waals surface area (Å²) in [6.07, 6.45) is 1.11. The van der Waals surface area contributed by atoms with E-state index in [0.29, 0.717) is 25.2 Å². The van der Waals surface area contributed by atoms with Crippen molar-refractivity contribution < 1.29 is 9.59 Å². The van der Waals surface area contributed by atoms with Crippen LogP contribution in [-0.4, -0.2) is 29.4 Å². The molecule has 0 radical (unpaired) electrons. The van der Waals surface area contributed by atoms with Gasteiger partial charge in [-0.2, -0.15) is 0 Å². The fourth-order valence-electron chi connectivity index (χ4n) is 4.90. The number of benzene rings is 5. The molecule has 5 aromatic carbocycles. The maximum absolute atomic E-state index is 14.2. The molecule has 5 heteroatoms. The Bertz CT molecular complexity index is 1530. The van der Waals surface area contributed by atoms with E-state index in [0.717, 1.165) is 33.9 Å². The van der Waals surface area contributed by atoms with Crippen LogP contribution in [0.1, 0.15) is 16.7 Å². The molecule has 0 fully saturated rings. The summed E-state index contributed by atoms with van der Waals surface area (Å²) in [6.45, 7) is 1.00. The number of hydrogen-bond donors (Lipinski definition) is 2. The highest BCUT2D eigenvalue weighted by Crippen LogP contribution is 2.23. The molecule has 0 aliphatic rings. The van der Waals surface area contributed by atoms with Crippen molar-refractivity contribution in [1.82, 2.24) is 10.2 Å². The zero-order chi connectivity index (χ0) is 27.6. The van der Waals surface area contributed by atoms with Gasteiger partial charge >= 0.3 is 6.03 Å². The van der Waals surface area contributed by atoms with Gasteiger partial charge in [-0.3, -0.25) is 4.79 Å². The van der Waals surface area contributed by atoms with E-state index in [2.05, 4.69) is 22.8 Å². The quantitative estimate of drug-likeness (QED) is 0.209. The van der Waals surface area contributed by atoms with Crippen LogP contribution in [0, 0.1) is 0 Å². The smallest absolute Gasteiger partial charge is 0.319 e. The second-order valence-corrected chi connectivity index (χ2v) is 9.85. The summed E-state index contributed by atoms with van der Waals surface area (Å²) in [5, 5.41) is 7.96. The zero-order valence-corrected chi connectivity index (χ0v) is 22.4. The number of carbonyl (C=O) groups excluding carboxylic acids is 2. The van der Waals surface area contributed by atoms with Crippen LogP contribution in [0.15, 0.2) is 133 Å². The fourth-order valence-corrected chi connectivity index (χ4v) is 4.90. The minimum atomic E-state index is -0.739. The van der Waals surface area contributed by atoms with Crippen molar-refractivity contribution in [1.29, 1.82) is 0 Å². The second kappa shape index (κ2) is 13.3. The normalized spacial score (nSPS) is 11.5. The first-order chi connectivity index (χ1) is 19.7. The van der Waals surface area contributed by atoms with Crippen LogP contribution in [0.3, 0.4) is 0 Å². The van der Waals surface area contributed by atoms with Crippen LogP contribution in [0.5, 0.6) is 0 Å². The molecule has 2 N–H and O–H groups in total. The minimum absolute atomic E-state index is 0.114. The summed E-state index contributed by atoms with van der Waals surface area (Å²) >= 11 is 0. The molecule has 5 nitrogen and oxygen atoms in total. The lowest BCUT2D eigenvalue weighted by atomic mass is 10.0. The highest BCUT2D eigenvalue weighted by molar-refractivity contribution is 6.02. The van der Waals surface area contributed by atoms with E-state index < -0.39 is 12.1 Å². The Morgan fingerprint density at radius 2 is 1.20 bits per heavy atom. The van der Waals surface area contributed by atoms with Crippen molar-refractivity contribution in [3.05, 3.63) is 150 Å². The van der Waals surface area contributed by atoms with Crippen molar-refractivity contribution in [3.63, 3.8) is 0 Å². The van der Waals surface area contributed by atoms with Crippen LogP contribution in [0.2, 0.25) is 0 Å². The summed E-state index contributed by atoms with van der Waals surface area (Å²) < 4.78 is 0. The lowest BCUT2D eigenvalue weighted by Gasteiger charge is -2.28. The summed E-state index contributed by atoms with van der Waals surface area (Å²) in [7, 11) is 0. The van der Waals surface area contributed by atoms with Gasteiger partial charge in [0.05, 0.1) is 5.69 Å². The Balaban J connectivity index is 1.38. The van der Waals surface area contributed by atoms with E-state index in [9.17, 15) is 9.59 Å². The third kappa shape index (κ3) is 7.14. The Hall–Kier alpha value is -4.90. The molecule has 0 aromatic heterocycles. The Morgan fingerprint density at radius 3 is 1.90 bits per heavy atom. The molecule has 5 aromatic rings. The topological polar surface area (TPSA) is 61.4 Å². The molecule has 0 bridgehead atoms. The third-order valence-corrected chi connectivity index (χ3v) is 6.97. The van der Waals surface area contributed by atoms with E-state index in [1.54, 1.807) is 0 Å². The zero-order valence-electron chi connectivity index (χ0n) is 22.4. The molecular weight excluding hydrogens is 494 g/mol. The van der Waals surface area contributed by atoms with E-state index in [1.807, 2.05) is 126 Å². The van der Waals surface area contributed by atoms with Gasteiger partial charge in [0.25, 0.3) is 0 Å². The largest absolute Gasteiger partial charge is 0.336 e. The van der Waals surface area contributed by atoms with Crippen LogP contribution in [0.4, 0.5) is 10.5 Å². The SMILES string of the molecule is O=C(Nc1cccc2ccccc12)NC(Cc1ccccc1)C(=O)N(CCc1ccccc1)Cc1ccccc1. The number of amides is 3. The molecule has 0 saturated carbocycles. The highest BCUT2D eigenvalue weighted by Gasteiger charge is 2.27. The Morgan fingerprint density at radius 1 is 0.625 bits per heavy atom. The number of nitrogens with one attached hydrogen (secondary N) is 2.